The van der Waals surface area contributed by atoms with Crippen LogP contribution in [0.4, 0.5) is 0 Å². The Balaban J connectivity index is 2.06. The van der Waals surface area contributed by atoms with Crippen LogP contribution in [0.15, 0.2) is 6.07 Å². The highest BCUT2D eigenvalue weighted by Crippen LogP contribution is 2.27. The van der Waals surface area contributed by atoms with Gasteiger partial charge < -0.3 is 0 Å². The molecule has 0 bridgehead atoms. The van der Waals surface area contributed by atoms with Gasteiger partial charge in [0.2, 0.25) is 0 Å². The Kier molecular flexibility index (Phi) is 6.06. The van der Waals surface area contributed by atoms with Crippen molar-refractivity contribution in [3.63, 3.8) is 0 Å². The largest absolute Gasteiger partial charge is 0.271 e. The number of hydrogen-bond acceptors (Lipinski definition) is 5. The minimum Gasteiger partial charge on any atom is -0.271 e. The third-order valence-electron chi connectivity index (χ3n) is 3.51. The predicted molar refractivity (Wildman–Crippen MR) is 85.7 cm³/mol. The fourth-order valence-corrected chi connectivity index (χ4v) is 5.26. The second-order valence-corrected chi connectivity index (χ2v) is 7.25. The van der Waals surface area contributed by atoms with Crippen molar-refractivity contribution < 1.29 is 0 Å². The molecule has 2 unspecified atom stereocenters. The number of thioether (sulfide) groups is 2. The van der Waals surface area contributed by atoms with Crippen LogP contribution in [-0.4, -0.2) is 38.3 Å². The van der Waals surface area contributed by atoms with E-state index >= 15 is 0 Å². The van der Waals surface area contributed by atoms with Crippen molar-refractivity contribution in [3.8, 4) is 0 Å². The van der Waals surface area contributed by atoms with E-state index in [0.29, 0.717) is 11.3 Å². The smallest absolute Gasteiger partial charge is 0.0624 e. The summed E-state index contributed by atoms with van der Waals surface area (Å²) in [7, 11) is 0. The molecule has 0 saturated carbocycles. The van der Waals surface area contributed by atoms with Crippen LogP contribution >= 0.6 is 23.5 Å². The second-order valence-electron chi connectivity index (χ2n) is 4.76. The fourth-order valence-electron chi connectivity index (χ4n) is 2.39. The predicted octanol–water partition coefficient (Wildman–Crippen LogP) is 1.69. The molecular weight excluding hydrogens is 276 g/mol. The van der Waals surface area contributed by atoms with Crippen molar-refractivity contribution in [2.75, 3.05) is 17.3 Å². The minimum absolute atomic E-state index is 0.338. The highest BCUT2D eigenvalue weighted by molar-refractivity contribution is 8.06. The Morgan fingerprint density at radius 3 is 2.95 bits per heavy atom. The summed E-state index contributed by atoms with van der Waals surface area (Å²) in [5, 5.41) is 5.22. The van der Waals surface area contributed by atoms with Gasteiger partial charge in [-0.05, 0) is 19.4 Å². The molecule has 0 amide bonds. The molecule has 6 heteroatoms. The van der Waals surface area contributed by atoms with Crippen molar-refractivity contribution in [2.45, 2.75) is 44.5 Å². The normalized spacial score (nSPS) is 21.5. The lowest BCUT2D eigenvalue weighted by atomic mass is 10.1. The molecule has 2 rings (SSSR count). The lowest BCUT2D eigenvalue weighted by molar-refractivity contribution is 0.497. The van der Waals surface area contributed by atoms with Crippen LogP contribution in [0.25, 0.3) is 0 Å². The van der Waals surface area contributed by atoms with Gasteiger partial charge in [-0.2, -0.15) is 28.6 Å². The van der Waals surface area contributed by atoms with Gasteiger partial charge in [0, 0.05) is 47.2 Å². The van der Waals surface area contributed by atoms with Gasteiger partial charge in [0.1, 0.15) is 0 Å². The summed E-state index contributed by atoms with van der Waals surface area (Å²) < 4.78 is 2.11. The molecule has 1 fully saturated rings. The number of hydrogen-bond donors (Lipinski definition) is 2. The van der Waals surface area contributed by atoms with Crippen molar-refractivity contribution >= 4 is 23.5 Å². The van der Waals surface area contributed by atoms with E-state index in [1.807, 2.05) is 23.5 Å². The van der Waals surface area contributed by atoms with Crippen molar-refractivity contribution in [2.24, 2.45) is 5.84 Å². The van der Waals surface area contributed by atoms with Crippen LogP contribution in [0.3, 0.4) is 0 Å². The Morgan fingerprint density at radius 1 is 1.53 bits per heavy atom. The molecule has 2 atom stereocenters. The SMILES string of the molecule is CCc1cc(CC(NN)C2CSCCS2)n(CC)n1. The molecule has 1 aliphatic rings. The minimum atomic E-state index is 0.338. The van der Waals surface area contributed by atoms with Crippen molar-refractivity contribution in [1.82, 2.24) is 15.2 Å². The first-order valence-electron chi connectivity index (χ1n) is 6.99. The zero-order chi connectivity index (χ0) is 13.7. The Hall–Kier alpha value is -0.170. The molecular formula is C13H24N4S2. The van der Waals surface area contributed by atoms with Gasteiger partial charge in [-0.1, -0.05) is 6.92 Å². The first kappa shape index (κ1) is 15.2. The molecule has 1 aromatic rings. The molecule has 1 aliphatic heterocycles. The van der Waals surface area contributed by atoms with Gasteiger partial charge in [0.25, 0.3) is 0 Å². The van der Waals surface area contributed by atoms with Gasteiger partial charge in [-0.15, -0.1) is 0 Å². The molecule has 108 valence electrons. The first-order chi connectivity index (χ1) is 9.28. The first-order valence-corrected chi connectivity index (χ1v) is 9.19. The van der Waals surface area contributed by atoms with E-state index in [1.54, 1.807) is 0 Å². The molecule has 0 aromatic carbocycles. The van der Waals surface area contributed by atoms with Crippen LogP contribution < -0.4 is 11.3 Å². The second kappa shape index (κ2) is 7.57. The summed E-state index contributed by atoms with van der Waals surface area (Å²) in [6.45, 7) is 5.23. The van der Waals surface area contributed by atoms with Crippen LogP contribution in [0, 0.1) is 0 Å². The van der Waals surface area contributed by atoms with Crippen LogP contribution in [-0.2, 0) is 19.4 Å². The average Bonchev–Trinajstić information content (AvgIpc) is 2.87. The number of aromatic nitrogens is 2. The van der Waals surface area contributed by atoms with Crippen molar-refractivity contribution in [1.29, 1.82) is 0 Å². The van der Waals surface area contributed by atoms with E-state index in [4.69, 9.17) is 5.84 Å². The molecule has 3 N–H and O–H groups in total. The highest BCUT2D eigenvalue weighted by Gasteiger charge is 2.25. The number of hydrazine groups is 1. The zero-order valence-corrected chi connectivity index (χ0v) is 13.4. The summed E-state index contributed by atoms with van der Waals surface area (Å²) in [6.07, 6.45) is 1.96. The monoisotopic (exact) mass is 300 g/mol. The van der Waals surface area contributed by atoms with E-state index < -0.39 is 0 Å². The molecule has 19 heavy (non-hydrogen) atoms. The summed E-state index contributed by atoms with van der Waals surface area (Å²) in [4.78, 5) is 0. The van der Waals surface area contributed by atoms with Gasteiger partial charge in [-0.25, -0.2) is 0 Å². The molecule has 1 aromatic heterocycles. The van der Waals surface area contributed by atoms with Gasteiger partial charge in [-0.3, -0.25) is 16.0 Å². The summed E-state index contributed by atoms with van der Waals surface area (Å²) in [6, 6.07) is 2.57. The third-order valence-corrected chi connectivity index (χ3v) is 6.43. The number of rotatable bonds is 6. The fraction of sp³-hybridized carbons (Fsp3) is 0.769. The highest BCUT2D eigenvalue weighted by atomic mass is 32.2. The Labute approximate surface area is 124 Å². The van der Waals surface area contributed by atoms with Gasteiger partial charge in [0.15, 0.2) is 0 Å². The van der Waals surface area contributed by atoms with E-state index in [9.17, 15) is 0 Å². The molecule has 0 radical (unpaired) electrons. The van der Waals surface area contributed by atoms with Gasteiger partial charge >= 0.3 is 0 Å². The van der Waals surface area contributed by atoms with E-state index in [2.05, 4.69) is 35.1 Å². The maximum Gasteiger partial charge on any atom is 0.0624 e. The van der Waals surface area contributed by atoms with E-state index in [0.717, 1.165) is 19.4 Å². The third kappa shape index (κ3) is 3.90. The topological polar surface area (TPSA) is 55.9 Å². The van der Waals surface area contributed by atoms with E-state index in [1.165, 1.54) is 28.6 Å². The number of nitrogens with one attached hydrogen (secondary N) is 1. The molecule has 2 heterocycles. The molecule has 1 saturated heterocycles. The average molecular weight is 300 g/mol. The molecule has 0 aliphatic carbocycles. The Morgan fingerprint density at radius 2 is 2.37 bits per heavy atom. The van der Waals surface area contributed by atoms with Crippen LogP contribution in [0.1, 0.15) is 25.2 Å². The zero-order valence-electron chi connectivity index (χ0n) is 11.8. The van der Waals surface area contributed by atoms with E-state index in [-0.39, 0.29) is 0 Å². The lowest BCUT2D eigenvalue weighted by Crippen LogP contribution is -2.46. The molecule has 4 nitrogen and oxygen atoms in total. The standard InChI is InChI=1S/C13H24N4S2/c1-3-10-7-11(17(4-2)16-10)8-12(15-14)13-9-18-5-6-19-13/h7,12-13,15H,3-6,8-9,14H2,1-2H3. The maximum atomic E-state index is 5.78. The quantitative estimate of drug-likeness (QED) is 0.618. The Bertz CT molecular complexity index is 388. The van der Waals surface area contributed by atoms with Gasteiger partial charge in [0.05, 0.1) is 5.69 Å². The van der Waals surface area contributed by atoms with Crippen LogP contribution in [0.2, 0.25) is 0 Å². The van der Waals surface area contributed by atoms with Crippen molar-refractivity contribution in [3.05, 3.63) is 17.5 Å². The number of nitrogens with zero attached hydrogens (tertiary/aromatic N) is 2. The summed E-state index contributed by atoms with van der Waals surface area (Å²) >= 11 is 4.09. The van der Waals surface area contributed by atoms with Crippen LogP contribution in [0.5, 0.6) is 0 Å². The maximum absolute atomic E-state index is 5.78. The number of nitrogens with two attached hydrogens (primary N) is 1. The summed E-state index contributed by atoms with van der Waals surface area (Å²) in [5.74, 6) is 9.48. The number of aryl methyl sites for hydroxylation is 2. The summed E-state index contributed by atoms with van der Waals surface area (Å²) in [5.41, 5.74) is 5.51. The lowest BCUT2D eigenvalue weighted by Gasteiger charge is -2.29. The molecule has 0 spiro atoms.